The number of para-hydroxylation sites is 1. The molecule has 6 nitrogen and oxygen atoms in total. The molecule has 3 N–H and O–H groups in total. The number of carbonyl (C=O) groups is 2. The first-order valence-corrected chi connectivity index (χ1v) is 9.26. The summed E-state index contributed by atoms with van der Waals surface area (Å²) in [6.45, 7) is -0.186. The molecule has 29 heavy (non-hydrogen) atoms. The second-order valence-electron chi connectivity index (χ2n) is 6.00. The molecule has 2 amide bonds. The molecule has 0 atom stereocenters. The van der Waals surface area contributed by atoms with E-state index in [0.29, 0.717) is 11.3 Å². The van der Waals surface area contributed by atoms with Crippen molar-refractivity contribution in [2.24, 2.45) is 0 Å². The van der Waals surface area contributed by atoms with Crippen LogP contribution in [-0.2, 0) is 4.79 Å². The summed E-state index contributed by atoms with van der Waals surface area (Å²) >= 11 is 5.03. The van der Waals surface area contributed by atoms with Crippen LogP contribution in [0, 0.1) is 0 Å². The quantitative estimate of drug-likeness (QED) is 0.449. The molecular weight excluding hydrogens is 386 g/mol. The predicted octanol–water partition coefficient (Wildman–Crippen LogP) is 3.07. The van der Waals surface area contributed by atoms with E-state index in [0.717, 1.165) is 11.1 Å². The van der Waals surface area contributed by atoms with Gasteiger partial charge in [0, 0.05) is 5.56 Å². The summed E-state index contributed by atoms with van der Waals surface area (Å²) in [6.07, 6.45) is 0. The van der Waals surface area contributed by atoms with E-state index >= 15 is 0 Å². The highest BCUT2D eigenvalue weighted by Gasteiger charge is 2.09. The van der Waals surface area contributed by atoms with Crippen LogP contribution in [-0.4, -0.2) is 23.5 Å². The Labute approximate surface area is 173 Å². The van der Waals surface area contributed by atoms with Crippen LogP contribution in [0.3, 0.4) is 0 Å². The Balaban J connectivity index is 1.44. The van der Waals surface area contributed by atoms with Crippen molar-refractivity contribution in [3.63, 3.8) is 0 Å². The molecule has 0 heterocycles. The predicted molar refractivity (Wildman–Crippen MR) is 115 cm³/mol. The van der Waals surface area contributed by atoms with Crippen molar-refractivity contribution in [2.45, 2.75) is 0 Å². The van der Waals surface area contributed by atoms with Gasteiger partial charge in [0.05, 0.1) is 0 Å². The lowest BCUT2D eigenvalue weighted by molar-refractivity contribution is -0.123. The van der Waals surface area contributed by atoms with Gasteiger partial charge in [-0.15, -0.1) is 0 Å². The van der Waals surface area contributed by atoms with E-state index in [2.05, 4.69) is 16.2 Å². The molecule has 3 aromatic rings. The summed E-state index contributed by atoms with van der Waals surface area (Å²) in [5.74, 6) is -0.230. The molecule has 0 saturated carbocycles. The number of nitrogens with one attached hydrogen (secondary N) is 3. The molecule has 0 saturated heterocycles. The first-order chi connectivity index (χ1) is 14.1. The van der Waals surface area contributed by atoms with E-state index in [4.69, 9.17) is 17.0 Å². The fourth-order valence-electron chi connectivity index (χ4n) is 2.48. The van der Waals surface area contributed by atoms with E-state index in [1.807, 2.05) is 60.7 Å². The molecule has 0 aliphatic heterocycles. The number of hydrogen-bond donors (Lipinski definition) is 3. The first kappa shape index (κ1) is 20.0. The van der Waals surface area contributed by atoms with Gasteiger partial charge in [0.15, 0.2) is 11.7 Å². The first-order valence-electron chi connectivity index (χ1n) is 8.85. The maximum Gasteiger partial charge on any atom is 0.276 e. The van der Waals surface area contributed by atoms with Gasteiger partial charge in [-0.2, -0.15) is 0 Å². The summed E-state index contributed by atoms with van der Waals surface area (Å²) in [7, 11) is 0. The van der Waals surface area contributed by atoms with Crippen LogP contribution in [0.5, 0.6) is 5.75 Å². The van der Waals surface area contributed by atoms with E-state index in [-0.39, 0.29) is 17.6 Å². The second-order valence-corrected chi connectivity index (χ2v) is 6.41. The average Bonchev–Trinajstić information content (AvgIpc) is 2.77. The lowest BCUT2D eigenvalue weighted by Gasteiger charge is -2.11. The van der Waals surface area contributed by atoms with Crippen molar-refractivity contribution in [2.75, 3.05) is 6.61 Å². The van der Waals surface area contributed by atoms with E-state index < -0.39 is 5.91 Å². The number of thiocarbonyl (C=S) groups is 1. The van der Waals surface area contributed by atoms with Gasteiger partial charge < -0.3 is 4.74 Å². The van der Waals surface area contributed by atoms with Crippen molar-refractivity contribution >= 4 is 29.1 Å². The highest BCUT2D eigenvalue weighted by Crippen LogP contribution is 2.19. The van der Waals surface area contributed by atoms with Crippen molar-refractivity contribution in [3.8, 4) is 16.9 Å². The zero-order chi connectivity index (χ0) is 20.5. The van der Waals surface area contributed by atoms with Gasteiger partial charge in [-0.1, -0.05) is 60.7 Å². The Morgan fingerprint density at radius 3 is 2.00 bits per heavy atom. The third-order valence-corrected chi connectivity index (χ3v) is 4.11. The van der Waals surface area contributed by atoms with E-state index in [1.165, 1.54) is 0 Å². The lowest BCUT2D eigenvalue weighted by atomic mass is 10.0. The number of carbonyl (C=O) groups excluding carboxylic acids is 2. The third-order valence-electron chi connectivity index (χ3n) is 3.91. The van der Waals surface area contributed by atoms with Gasteiger partial charge in [-0.05, 0) is 47.6 Å². The normalized spacial score (nSPS) is 9.93. The van der Waals surface area contributed by atoms with Crippen molar-refractivity contribution in [3.05, 3.63) is 90.5 Å². The van der Waals surface area contributed by atoms with Crippen LogP contribution in [0.4, 0.5) is 0 Å². The zero-order valence-electron chi connectivity index (χ0n) is 15.4. The molecule has 3 rings (SSSR count). The van der Waals surface area contributed by atoms with Gasteiger partial charge >= 0.3 is 0 Å². The molecule has 0 unspecified atom stereocenters. The minimum absolute atomic E-state index is 0.0183. The smallest absolute Gasteiger partial charge is 0.276 e. The molecule has 0 aliphatic carbocycles. The van der Waals surface area contributed by atoms with Gasteiger partial charge in [0.25, 0.3) is 11.8 Å². The summed E-state index contributed by atoms with van der Waals surface area (Å²) in [5.41, 5.74) is 7.37. The molecule has 3 aromatic carbocycles. The largest absolute Gasteiger partial charge is 0.484 e. The monoisotopic (exact) mass is 405 g/mol. The molecular formula is C22H19N3O3S. The number of amides is 2. The van der Waals surface area contributed by atoms with Crippen molar-refractivity contribution in [1.82, 2.24) is 16.2 Å². The lowest BCUT2D eigenvalue weighted by Crippen LogP contribution is -2.49. The maximum absolute atomic E-state index is 12.3. The van der Waals surface area contributed by atoms with Crippen LogP contribution >= 0.6 is 12.2 Å². The van der Waals surface area contributed by atoms with Crippen molar-refractivity contribution in [1.29, 1.82) is 0 Å². The number of benzene rings is 3. The molecule has 0 spiro atoms. The Kier molecular flexibility index (Phi) is 6.91. The van der Waals surface area contributed by atoms with Gasteiger partial charge in [0.2, 0.25) is 0 Å². The average molecular weight is 405 g/mol. The van der Waals surface area contributed by atoms with Crippen LogP contribution in [0.1, 0.15) is 10.4 Å². The summed E-state index contributed by atoms with van der Waals surface area (Å²) in [5, 5.41) is 2.49. The Hall–Kier alpha value is -3.71. The van der Waals surface area contributed by atoms with Crippen LogP contribution < -0.4 is 20.9 Å². The zero-order valence-corrected chi connectivity index (χ0v) is 16.2. The van der Waals surface area contributed by atoms with Crippen LogP contribution in [0.2, 0.25) is 0 Å². The van der Waals surface area contributed by atoms with E-state index in [9.17, 15) is 9.59 Å². The van der Waals surface area contributed by atoms with Crippen LogP contribution in [0.15, 0.2) is 84.9 Å². The summed E-state index contributed by atoms with van der Waals surface area (Å²) in [4.78, 5) is 24.1. The fraction of sp³-hybridized carbons (Fsp3) is 0.0455. The number of rotatable bonds is 5. The minimum atomic E-state index is -0.433. The second kappa shape index (κ2) is 10.0. The topological polar surface area (TPSA) is 79.5 Å². The SMILES string of the molecule is O=C(COc1ccccc1)NNC(=S)NC(=O)c1ccc(-c2ccccc2)cc1. The summed E-state index contributed by atoms with van der Waals surface area (Å²) in [6, 6.07) is 26.0. The molecule has 0 bridgehead atoms. The molecule has 7 heteroatoms. The van der Waals surface area contributed by atoms with Crippen LogP contribution in [0.25, 0.3) is 11.1 Å². The Morgan fingerprint density at radius 1 is 0.759 bits per heavy atom. The highest BCUT2D eigenvalue weighted by molar-refractivity contribution is 7.80. The third kappa shape index (κ3) is 6.15. The Bertz CT molecular complexity index is 977. The minimum Gasteiger partial charge on any atom is -0.484 e. The van der Waals surface area contributed by atoms with Gasteiger partial charge in [0.1, 0.15) is 5.75 Å². The van der Waals surface area contributed by atoms with Gasteiger partial charge in [-0.25, -0.2) is 0 Å². The molecule has 0 radical (unpaired) electrons. The molecule has 0 aromatic heterocycles. The van der Waals surface area contributed by atoms with E-state index in [1.54, 1.807) is 24.3 Å². The number of hydrogen-bond acceptors (Lipinski definition) is 4. The van der Waals surface area contributed by atoms with Gasteiger partial charge in [-0.3, -0.25) is 25.8 Å². The fourth-order valence-corrected chi connectivity index (χ4v) is 2.62. The number of hydrazine groups is 1. The Morgan fingerprint density at radius 2 is 1.34 bits per heavy atom. The highest BCUT2D eigenvalue weighted by atomic mass is 32.1. The molecule has 0 fully saturated rings. The molecule has 146 valence electrons. The standard InChI is InChI=1S/C22H19N3O3S/c26-20(15-28-19-9-5-2-6-10-19)24-25-22(29)23-21(27)18-13-11-17(12-14-18)16-7-3-1-4-8-16/h1-14H,15H2,(H,24,26)(H2,23,25,27,29). The maximum atomic E-state index is 12.3. The van der Waals surface area contributed by atoms with Crippen molar-refractivity contribution < 1.29 is 14.3 Å². The summed E-state index contributed by atoms with van der Waals surface area (Å²) < 4.78 is 5.32. The number of ether oxygens (including phenoxy) is 1. The molecule has 0 aliphatic rings.